The van der Waals surface area contributed by atoms with Gasteiger partial charge in [-0.15, -0.1) is 0 Å². The number of halogens is 1. The number of carboxylic acid groups (broad SMARTS) is 1. The maximum atomic E-state index is 12.7. The molecule has 1 atom stereocenters. The van der Waals surface area contributed by atoms with Crippen LogP contribution < -0.4 is 4.90 Å². The van der Waals surface area contributed by atoms with E-state index in [9.17, 15) is 13.2 Å². The molecule has 4 rings (SSSR count). The quantitative estimate of drug-likeness (QED) is 0.489. The zero-order valence-electron chi connectivity index (χ0n) is 19.8. The van der Waals surface area contributed by atoms with E-state index >= 15 is 0 Å². The standard InChI is InChI=1S/C20H20ClN3O3S.C5H10O2/c21-18-4-5-19-17(14-18)7-8-24(19)28(25,26)13-1-2-16-3-6-20(22-15-16)23-9-11-27-12-10-23;1-3-4(2)5(6)7/h1-8,14-15H,9-13H2;4H,3H2,1-2H3,(H,6,7). The van der Waals surface area contributed by atoms with E-state index < -0.39 is 16.0 Å². The summed E-state index contributed by atoms with van der Waals surface area (Å²) in [6.45, 7) is 6.64. The van der Waals surface area contributed by atoms with Gasteiger partial charge >= 0.3 is 5.97 Å². The Labute approximate surface area is 210 Å². The molecule has 0 amide bonds. The van der Waals surface area contributed by atoms with Crippen molar-refractivity contribution in [1.82, 2.24) is 8.96 Å². The highest BCUT2D eigenvalue weighted by Gasteiger charge is 2.15. The lowest BCUT2D eigenvalue weighted by molar-refractivity contribution is -0.141. The van der Waals surface area contributed by atoms with Gasteiger partial charge in [-0.2, -0.15) is 0 Å². The van der Waals surface area contributed by atoms with Gasteiger partial charge in [0.1, 0.15) is 5.82 Å². The number of rotatable bonds is 7. The number of aromatic nitrogens is 2. The summed E-state index contributed by atoms with van der Waals surface area (Å²) < 4.78 is 32.0. The van der Waals surface area contributed by atoms with Crippen LogP contribution in [0.3, 0.4) is 0 Å². The Morgan fingerprint density at radius 1 is 1.23 bits per heavy atom. The SMILES string of the molecule is CCC(C)C(=O)O.O=S(=O)(CC=Cc1ccc(N2CCOCC2)nc1)n1ccc2cc(Cl)ccc21. The zero-order valence-corrected chi connectivity index (χ0v) is 21.4. The summed E-state index contributed by atoms with van der Waals surface area (Å²) >= 11 is 5.97. The Balaban J connectivity index is 0.000000429. The summed E-state index contributed by atoms with van der Waals surface area (Å²) in [6, 6.07) is 10.8. The molecular formula is C25H30ClN3O5S. The van der Waals surface area contributed by atoms with E-state index in [2.05, 4.69) is 9.88 Å². The number of anilines is 1. The Morgan fingerprint density at radius 2 is 1.97 bits per heavy atom. The normalized spacial score (nSPS) is 15.1. The van der Waals surface area contributed by atoms with Gasteiger partial charge < -0.3 is 14.7 Å². The van der Waals surface area contributed by atoms with Crippen LogP contribution in [-0.4, -0.2) is 60.5 Å². The second kappa shape index (κ2) is 12.2. The summed E-state index contributed by atoms with van der Waals surface area (Å²) in [6.07, 6.45) is 7.44. The van der Waals surface area contributed by atoms with Crippen LogP contribution in [0.1, 0.15) is 25.8 Å². The zero-order chi connectivity index (χ0) is 25.4. The Hall–Kier alpha value is -2.88. The molecule has 0 bridgehead atoms. The molecule has 1 aliphatic heterocycles. The van der Waals surface area contributed by atoms with Crippen LogP contribution in [-0.2, 0) is 19.6 Å². The van der Waals surface area contributed by atoms with Crippen LogP contribution >= 0.6 is 11.6 Å². The minimum absolute atomic E-state index is 0.107. The summed E-state index contributed by atoms with van der Waals surface area (Å²) in [5, 5.41) is 9.56. The molecule has 0 radical (unpaired) electrons. The first-order valence-corrected chi connectivity index (χ1v) is 13.4. The number of pyridine rings is 1. The minimum Gasteiger partial charge on any atom is -0.481 e. The first kappa shape index (κ1) is 26.7. The van der Waals surface area contributed by atoms with Crippen molar-refractivity contribution >= 4 is 50.4 Å². The second-order valence-electron chi connectivity index (χ2n) is 8.19. The third-order valence-electron chi connectivity index (χ3n) is 5.67. The summed E-state index contributed by atoms with van der Waals surface area (Å²) in [4.78, 5) is 16.6. The van der Waals surface area contributed by atoms with E-state index in [-0.39, 0.29) is 11.7 Å². The number of carbonyl (C=O) groups is 1. The molecule has 1 N–H and O–H groups in total. The summed E-state index contributed by atoms with van der Waals surface area (Å²) in [5.41, 5.74) is 1.48. The molecule has 10 heteroatoms. The lowest BCUT2D eigenvalue weighted by Gasteiger charge is -2.27. The largest absolute Gasteiger partial charge is 0.481 e. The average molecular weight is 520 g/mol. The fourth-order valence-electron chi connectivity index (χ4n) is 3.37. The maximum Gasteiger partial charge on any atom is 0.306 e. The number of aliphatic carboxylic acids is 1. The van der Waals surface area contributed by atoms with Gasteiger partial charge in [0.2, 0.25) is 10.0 Å². The Kier molecular flexibility index (Phi) is 9.31. The molecule has 35 heavy (non-hydrogen) atoms. The Bertz CT molecular complexity index is 1270. The molecule has 0 saturated carbocycles. The van der Waals surface area contributed by atoms with E-state index in [1.54, 1.807) is 55.7 Å². The van der Waals surface area contributed by atoms with Gasteiger partial charge in [-0.3, -0.25) is 4.79 Å². The van der Waals surface area contributed by atoms with Gasteiger partial charge in [-0.1, -0.05) is 37.6 Å². The molecule has 1 aliphatic rings. The molecule has 1 aromatic carbocycles. The average Bonchev–Trinajstić information content (AvgIpc) is 3.29. The molecule has 0 spiro atoms. The molecule has 0 aliphatic carbocycles. The number of ether oxygens (including phenoxy) is 1. The van der Waals surface area contributed by atoms with Gasteiger partial charge in [0.15, 0.2) is 0 Å². The lowest BCUT2D eigenvalue weighted by Crippen LogP contribution is -2.36. The molecule has 3 heterocycles. The van der Waals surface area contributed by atoms with Gasteiger partial charge in [0, 0.05) is 35.9 Å². The highest BCUT2D eigenvalue weighted by molar-refractivity contribution is 7.90. The lowest BCUT2D eigenvalue weighted by atomic mass is 10.1. The predicted molar refractivity (Wildman–Crippen MR) is 140 cm³/mol. The van der Waals surface area contributed by atoms with E-state index in [0.29, 0.717) is 23.8 Å². The number of morpholine rings is 1. The molecule has 3 aromatic rings. The van der Waals surface area contributed by atoms with Crippen molar-refractivity contribution in [2.75, 3.05) is 37.0 Å². The topological polar surface area (TPSA) is 102 Å². The predicted octanol–water partition coefficient (Wildman–Crippen LogP) is 4.53. The van der Waals surface area contributed by atoms with Crippen molar-refractivity contribution in [3.63, 3.8) is 0 Å². The second-order valence-corrected chi connectivity index (χ2v) is 10.5. The number of carboxylic acids is 1. The van der Waals surface area contributed by atoms with Crippen LogP contribution in [0.5, 0.6) is 0 Å². The molecular weight excluding hydrogens is 490 g/mol. The third-order valence-corrected chi connectivity index (χ3v) is 7.44. The highest BCUT2D eigenvalue weighted by atomic mass is 35.5. The van der Waals surface area contributed by atoms with Gasteiger partial charge in [0.05, 0.1) is 30.4 Å². The van der Waals surface area contributed by atoms with Gasteiger partial charge in [0.25, 0.3) is 0 Å². The number of hydrogen-bond acceptors (Lipinski definition) is 6. The first-order valence-electron chi connectivity index (χ1n) is 11.4. The molecule has 1 saturated heterocycles. The number of benzene rings is 1. The van der Waals surface area contributed by atoms with E-state index in [0.717, 1.165) is 36.3 Å². The van der Waals surface area contributed by atoms with E-state index in [4.69, 9.17) is 21.4 Å². The van der Waals surface area contributed by atoms with Crippen LogP contribution in [0.2, 0.25) is 5.02 Å². The van der Waals surface area contributed by atoms with Crippen molar-refractivity contribution in [3.05, 3.63) is 65.5 Å². The molecule has 8 nitrogen and oxygen atoms in total. The van der Waals surface area contributed by atoms with Crippen molar-refractivity contribution in [3.8, 4) is 0 Å². The van der Waals surface area contributed by atoms with Crippen LogP contribution in [0.25, 0.3) is 17.0 Å². The van der Waals surface area contributed by atoms with Gasteiger partial charge in [-0.05, 0) is 48.4 Å². The summed E-state index contributed by atoms with van der Waals surface area (Å²) in [5.74, 6) is -0.0852. The number of nitrogens with zero attached hydrogens (tertiary/aromatic N) is 3. The van der Waals surface area contributed by atoms with Crippen molar-refractivity contribution < 1.29 is 23.1 Å². The fourth-order valence-corrected chi connectivity index (χ4v) is 4.76. The highest BCUT2D eigenvalue weighted by Crippen LogP contribution is 2.22. The van der Waals surface area contributed by atoms with Gasteiger partial charge in [-0.25, -0.2) is 17.4 Å². The van der Waals surface area contributed by atoms with E-state index in [1.165, 1.54) is 3.97 Å². The molecule has 188 valence electrons. The fraction of sp³-hybridized carbons (Fsp3) is 0.360. The van der Waals surface area contributed by atoms with E-state index in [1.807, 2.05) is 19.1 Å². The monoisotopic (exact) mass is 519 g/mol. The summed E-state index contributed by atoms with van der Waals surface area (Å²) in [7, 11) is -3.51. The molecule has 2 aromatic heterocycles. The number of hydrogen-bond donors (Lipinski definition) is 1. The maximum absolute atomic E-state index is 12.7. The molecule has 1 unspecified atom stereocenters. The third kappa shape index (κ3) is 7.30. The molecule has 1 fully saturated rings. The van der Waals surface area contributed by atoms with Crippen molar-refractivity contribution in [1.29, 1.82) is 0 Å². The van der Waals surface area contributed by atoms with Crippen molar-refractivity contribution in [2.24, 2.45) is 5.92 Å². The van der Waals surface area contributed by atoms with Crippen LogP contribution in [0, 0.1) is 5.92 Å². The van der Waals surface area contributed by atoms with Crippen molar-refractivity contribution in [2.45, 2.75) is 20.3 Å². The first-order chi connectivity index (χ1) is 16.7. The van der Waals surface area contributed by atoms with Crippen LogP contribution in [0.4, 0.5) is 5.82 Å². The van der Waals surface area contributed by atoms with Crippen LogP contribution in [0.15, 0.2) is 54.9 Å². The Morgan fingerprint density at radius 3 is 2.57 bits per heavy atom. The smallest absolute Gasteiger partial charge is 0.306 e. The minimum atomic E-state index is -3.51. The number of fused-ring (bicyclic) bond motifs is 1.